The van der Waals surface area contributed by atoms with Crippen molar-refractivity contribution in [3.8, 4) is 11.6 Å². The first-order valence-electron chi connectivity index (χ1n) is 7.19. The summed E-state index contributed by atoms with van der Waals surface area (Å²) in [6.07, 6.45) is 2.87. The van der Waals surface area contributed by atoms with Gasteiger partial charge in [-0.1, -0.05) is 32.0 Å². The predicted molar refractivity (Wildman–Crippen MR) is 82.2 cm³/mol. The molecular weight excluding hydrogens is 248 g/mol. The van der Waals surface area contributed by atoms with Crippen LogP contribution < -0.4 is 10.1 Å². The second-order valence-corrected chi connectivity index (χ2v) is 4.81. The third-order valence-electron chi connectivity index (χ3n) is 3.30. The van der Waals surface area contributed by atoms with Crippen LogP contribution in [-0.2, 0) is 6.42 Å². The molecule has 0 saturated heterocycles. The molecule has 0 amide bonds. The Labute approximate surface area is 121 Å². The Bertz CT molecular complexity index is 537. The summed E-state index contributed by atoms with van der Waals surface area (Å²) in [6.45, 7) is 7.31. The summed E-state index contributed by atoms with van der Waals surface area (Å²) in [5.74, 6) is 1.47. The standard InChI is InChI=1S/C17H22N2O/c1-4-14-7-6-8-16(11-14)20-17-10-9-15(12-19-17)13(3)18-5-2/h6-13,18H,4-5H2,1-3H3. The molecule has 2 rings (SSSR count). The van der Waals surface area contributed by atoms with E-state index in [0.29, 0.717) is 11.9 Å². The van der Waals surface area contributed by atoms with Gasteiger partial charge in [0.2, 0.25) is 5.88 Å². The molecule has 2 aromatic rings. The van der Waals surface area contributed by atoms with E-state index >= 15 is 0 Å². The highest BCUT2D eigenvalue weighted by Gasteiger charge is 2.05. The quantitative estimate of drug-likeness (QED) is 0.857. The summed E-state index contributed by atoms with van der Waals surface area (Å²) >= 11 is 0. The van der Waals surface area contributed by atoms with Crippen molar-refractivity contribution >= 4 is 0 Å². The molecule has 0 aliphatic carbocycles. The van der Waals surface area contributed by atoms with E-state index in [1.54, 1.807) is 0 Å². The van der Waals surface area contributed by atoms with Gasteiger partial charge in [0.15, 0.2) is 0 Å². The number of hydrogen-bond donors (Lipinski definition) is 1. The molecule has 0 radical (unpaired) electrons. The van der Waals surface area contributed by atoms with Crippen LogP contribution in [0, 0.1) is 0 Å². The maximum atomic E-state index is 5.78. The Balaban J connectivity index is 2.06. The summed E-state index contributed by atoms with van der Waals surface area (Å²) in [7, 11) is 0. The Morgan fingerprint density at radius 1 is 1.20 bits per heavy atom. The SMILES string of the molecule is CCNC(C)c1ccc(Oc2cccc(CC)c2)nc1. The Morgan fingerprint density at radius 3 is 2.70 bits per heavy atom. The lowest BCUT2D eigenvalue weighted by Gasteiger charge is -2.12. The van der Waals surface area contributed by atoms with Gasteiger partial charge in [-0.25, -0.2) is 4.98 Å². The highest BCUT2D eigenvalue weighted by atomic mass is 16.5. The fraction of sp³-hybridized carbons (Fsp3) is 0.353. The molecule has 1 unspecified atom stereocenters. The number of nitrogens with zero attached hydrogens (tertiary/aromatic N) is 1. The molecule has 1 aromatic heterocycles. The second kappa shape index (κ2) is 7.06. The fourth-order valence-electron chi connectivity index (χ4n) is 2.08. The van der Waals surface area contributed by atoms with Crippen LogP contribution in [0.3, 0.4) is 0 Å². The maximum absolute atomic E-state index is 5.78. The summed E-state index contributed by atoms with van der Waals surface area (Å²) < 4.78 is 5.78. The van der Waals surface area contributed by atoms with Crippen molar-refractivity contribution in [2.45, 2.75) is 33.2 Å². The van der Waals surface area contributed by atoms with Gasteiger partial charge in [-0.3, -0.25) is 0 Å². The van der Waals surface area contributed by atoms with Gasteiger partial charge in [0.25, 0.3) is 0 Å². The number of benzene rings is 1. The number of rotatable bonds is 6. The van der Waals surface area contributed by atoms with Crippen molar-refractivity contribution in [1.29, 1.82) is 0 Å². The van der Waals surface area contributed by atoms with Gasteiger partial charge in [0.05, 0.1) is 0 Å². The number of nitrogens with one attached hydrogen (secondary N) is 1. The van der Waals surface area contributed by atoms with Gasteiger partial charge < -0.3 is 10.1 Å². The van der Waals surface area contributed by atoms with Gasteiger partial charge >= 0.3 is 0 Å². The molecule has 3 nitrogen and oxygen atoms in total. The predicted octanol–water partition coefficient (Wildman–Crippen LogP) is 4.11. The Kier molecular flexibility index (Phi) is 5.13. The van der Waals surface area contributed by atoms with E-state index in [1.807, 2.05) is 24.4 Å². The van der Waals surface area contributed by atoms with Gasteiger partial charge in [0.1, 0.15) is 5.75 Å². The minimum Gasteiger partial charge on any atom is -0.439 e. The molecule has 1 atom stereocenters. The van der Waals surface area contributed by atoms with Crippen LogP contribution in [0.15, 0.2) is 42.6 Å². The molecule has 0 aliphatic heterocycles. The minimum atomic E-state index is 0.310. The molecule has 0 bridgehead atoms. The molecule has 0 spiro atoms. The molecule has 106 valence electrons. The van der Waals surface area contributed by atoms with Crippen molar-refractivity contribution in [3.05, 3.63) is 53.7 Å². The highest BCUT2D eigenvalue weighted by Crippen LogP contribution is 2.22. The normalized spacial score (nSPS) is 12.2. The number of hydrogen-bond acceptors (Lipinski definition) is 3. The van der Waals surface area contributed by atoms with Crippen molar-refractivity contribution in [2.24, 2.45) is 0 Å². The maximum Gasteiger partial charge on any atom is 0.219 e. The van der Waals surface area contributed by atoms with Crippen molar-refractivity contribution in [2.75, 3.05) is 6.54 Å². The first-order valence-corrected chi connectivity index (χ1v) is 7.19. The van der Waals surface area contributed by atoms with Crippen LogP contribution in [0.2, 0.25) is 0 Å². The Hall–Kier alpha value is -1.87. The monoisotopic (exact) mass is 270 g/mol. The topological polar surface area (TPSA) is 34.1 Å². The van der Waals surface area contributed by atoms with Crippen molar-refractivity contribution in [1.82, 2.24) is 10.3 Å². The van der Waals surface area contributed by atoms with Crippen LogP contribution in [0.5, 0.6) is 11.6 Å². The zero-order valence-corrected chi connectivity index (χ0v) is 12.4. The zero-order chi connectivity index (χ0) is 14.4. The molecule has 1 aromatic carbocycles. The van der Waals surface area contributed by atoms with E-state index in [4.69, 9.17) is 4.74 Å². The van der Waals surface area contributed by atoms with Gasteiger partial charge in [-0.15, -0.1) is 0 Å². The van der Waals surface area contributed by atoms with Crippen LogP contribution in [0.4, 0.5) is 0 Å². The van der Waals surface area contributed by atoms with Crippen LogP contribution in [0.1, 0.15) is 37.9 Å². The number of pyridine rings is 1. The first-order chi connectivity index (χ1) is 9.72. The molecule has 1 N–H and O–H groups in total. The summed E-state index contributed by atoms with van der Waals surface area (Å²) in [5.41, 5.74) is 2.43. The summed E-state index contributed by atoms with van der Waals surface area (Å²) in [5, 5.41) is 3.37. The molecule has 1 heterocycles. The number of ether oxygens (including phenoxy) is 1. The van der Waals surface area contributed by atoms with Crippen molar-refractivity contribution < 1.29 is 4.74 Å². The fourth-order valence-corrected chi connectivity index (χ4v) is 2.08. The van der Waals surface area contributed by atoms with Gasteiger partial charge in [-0.2, -0.15) is 0 Å². The third-order valence-corrected chi connectivity index (χ3v) is 3.30. The van der Waals surface area contributed by atoms with Crippen LogP contribution in [0.25, 0.3) is 0 Å². The van der Waals surface area contributed by atoms with Gasteiger partial charge in [-0.05, 0) is 43.1 Å². The summed E-state index contributed by atoms with van der Waals surface area (Å²) in [4.78, 5) is 4.37. The third kappa shape index (κ3) is 3.81. The zero-order valence-electron chi connectivity index (χ0n) is 12.4. The Morgan fingerprint density at radius 2 is 2.05 bits per heavy atom. The van der Waals surface area contributed by atoms with Crippen molar-refractivity contribution in [3.63, 3.8) is 0 Å². The molecule has 20 heavy (non-hydrogen) atoms. The van der Waals surface area contributed by atoms with E-state index in [9.17, 15) is 0 Å². The van der Waals surface area contributed by atoms with Crippen LogP contribution in [-0.4, -0.2) is 11.5 Å². The lowest BCUT2D eigenvalue weighted by atomic mass is 10.1. The van der Waals surface area contributed by atoms with E-state index < -0.39 is 0 Å². The summed E-state index contributed by atoms with van der Waals surface area (Å²) in [6, 6.07) is 12.4. The minimum absolute atomic E-state index is 0.310. The lowest BCUT2D eigenvalue weighted by Crippen LogP contribution is -2.17. The van der Waals surface area contributed by atoms with E-state index in [2.05, 4.69) is 49.3 Å². The number of aryl methyl sites for hydroxylation is 1. The average molecular weight is 270 g/mol. The molecule has 3 heteroatoms. The van der Waals surface area contributed by atoms with E-state index in [-0.39, 0.29) is 0 Å². The first kappa shape index (κ1) is 14.5. The average Bonchev–Trinajstić information content (AvgIpc) is 2.48. The van der Waals surface area contributed by atoms with E-state index in [1.165, 1.54) is 11.1 Å². The second-order valence-electron chi connectivity index (χ2n) is 4.81. The largest absolute Gasteiger partial charge is 0.439 e. The van der Waals surface area contributed by atoms with Gasteiger partial charge in [0, 0.05) is 18.3 Å². The molecule has 0 fully saturated rings. The van der Waals surface area contributed by atoms with Crippen LogP contribution >= 0.6 is 0 Å². The lowest BCUT2D eigenvalue weighted by molar-refractivity contribution is 0.461. The molecular formula is C17H22N2O. The molecule has 0 saturated carbocycles. The number of aromatic nitrogens is 1. The van der Waals surface area contributed by atoms with E-state index in [0.717, 1.165) is 18.7 Å². The smallest absolute Gasteiger partial charge is 0.219 e. The molecule has 0 aliphatic rings. The highest BCUT2D eigenvalue weighted by molar-refractivity contribution is 5.32.